The van der Waals surface area contributed by atoms with E-state index in [1.54, 1.807) is 19.9 Å². The van der Waals surface area contributed by atoms with Crippen molar-refractivity contribution in [3.05, 3.63) is 32.2 Å². The minimum atomic E-state index is -0.811. The summed E-state index contributed by atoms with van der Waals surface area (Å²) in [5.74, 6) is 0.0474. The Morgan fingerprint density at radius 1 is 1.50 bits per heavy atom. The van der Waals surface area contributed by atoms with Crippen molar-refractivity contribution in [2.45, 2.75) is 13.8 Å². The second kappa shape index (κ2) is 4.96. The highest BCUT2D eigenvalue weighted by atomic mass is 16.6. The van der Waals surface area contributed by atoms with E-state index in [1.807, 2.05) is 0 Å². The largest absolute Gasteiger partial charge is 0.359 e. The summed E-state index contributed by atoms with van der Waals surface area (Å²) < 4.78 is 0. The van der Waals surface area contributed by atoms with Gasteiger partial charge in [-0.2, -0.15) is 0 Å². The first-order chi connectivity index (χ1) is 7.60. The summed E-state index contributed by atoms with van der Waals surface area (Å²) in [5.41, 5.74) is -1.39. The van der Waals surface area contributed by atoms with E-state index < -0.39 is 16.2 Å². The molecule has 0 aliphatic rings. The van der Waals surface area contributed by atoms with Gasteiger partial charge in [0, 0.05) is 6.21 Å². The van der Waals surface area contributed by atoms with E-state index in [1.165, 1.54) is 12.3 Å². The number of hydrogen-bond acceptors (Lipinski definition) is 5. The highest BCUT2D eigenvalue weighted by molar-refractivity contribution is 5.60. The predicted octanol–water partition coefficient (Wildman–Crippen LogP) is 1.43. The molecule has 0 amide bonds. The second-order valence-corrected chi connectivity index (χ2v) is 2.77. The highest BCUT2D eigenvalue weighted by Crippen LogP contribution is 2.14. The number of aromatic amines is 1. The van der Waals surface area contributed by atoms with Crippen molar-refractivity contribution in [1.82, 2.24) is 9.97 Å². The first-order valence-corrected chi connectivity index (χ1v) is 4.50. The van der Waals surface area contributed by atoms with Crippen molar-refractivity contribution in [2.24, 2.45) is 4.99 Å². The van der Waals surface area contributed by atoms with Crippen LogP contribution in [0.3, 0.4) is 0 Å². The van der Waals surface area contributed by atoms with Crippen LogP contribution < -0.4 is 5.56 Å². The van der Waals surface area contributed by atoms with Gasteiger partial charge in [-0.1, -0.05) is 6.08 Å². The monoisotopic (exact) mass is 222 g/mol. The van der Waals surface area contributed by atoms with Crippen LogP contribution in [0.4, 0.5) is 11.6 Å². The molecule has 1 rings (SSSR count). The third-order valence-electron chi connectivity index (χ3n) is 1.67. The fraction of sp³-hybridized carbons (Fsp3) is 0.222. The standard InChI is InChI=1S/C9H10N4O3/c1-3-5-6-7(13(15)16)8(14)12-9(11-6)10-4-2/h3-5H,1-2H3,(H,11,12,14)/b5-3+,10-4+. The molecular formula is C9H10N4O3. The van der Waals surface area contributed by atoms with E-state index in [-0.39, 0.29) is 11.6 Å². The molecule has 16 heavy (non-hydrogen) atoms. The predicted molar refractivity (Wildman–Crippen MR) is 60.0 cm³/mol. The molecule has 0 aliphatic heterocycles. The molecule has 7 heteroatoms. The van der Waals surface area contributed by atoms with E-state index in [0.717, 1.165) is 0 Å². The van der Waals surface area contributed by atoms with E-state index in [9.17, 15) is 14.9 Å². The van der Waals surface area contributed by atoms with E-state index in [2.05, 4.69) is 15.0 Å². The van der Waals surface area contributed by atoms with Crippen LogP contribution >= 0.6 is 0 Å². The van der Waals surface area contributed by atoms with Crippen LogP contribution in [-0.4, -0.2) is 21.1 Å². The van der Waals surface area contributed by atoms with Gasteiger partial charge in [0.15, 0.2) is 5.69 Å². The highest BCUT2D eigenvalue weighted by Gasteiger charge is 2.19. The van der Waals surface area contributed by atoms with Crippen molar-refractivity contribution in [1.29, 1.82) is 0 Å². The fourth-order valence-electron chi connectivity index (χ4n) is 1.11. The zero-order valence-electron chi connectivity index (χ0n) is 8.80. The molecule has 0 spiro atoms. The first-order valence-electron chi connectivity index (χ1n) is 4.50. The molecule has 0 saturated heterocycles. The summed E-state index contributed by atoms with van der Waals surface area (Å²) in [5, 5.41) is 10.7. The molecular weight excluding hydrogens is 212 g/mol. The quantitative estimate of drug-likeness (QED) is 0.474. The first kappa shape index (κ1) is 11.8. The van der Waals surface area contributed by atoms with Crippen LogP contribution in [0.2, 0.25) is 0 Å². The molecule has 7 nitrogen and oxygen atoms in total. The Morgan fingerprint density at radius 3 is 2.69 bits per heavy atom. The average Bonchev–Trinajstić information content (AvgIpc) is 2.17. The van der Waals surface area contributed by atoms with E-state index >= 15 is 0 Å². The molecule has 0 atom stereocenters. The lowest BCUT2D eigenvalue weighted by Gasteiger charge is -1.97. The fourth-order valence-corrected chi connectivity index (χ4v) is 1.11. The number of aromatic nitrogens is 2. The van der Waals surface area contributed by atoms with Crippen LogP contribution in [0.5, 0.6) is 0 Å². The van der Waals surface area contributed by atoms with Crippen LogP contribution in [-0.2, 0) is 0 Å². The summed E-state index contributed by atoms with van der Waals surface area (Å²) in [6.07, 6.45) is 4.39. The van der Waals surface area contributed by atoms with Crippen molar-refractivity contribution in [3.63, 3.8) is 0 Å². The van der Waals surface area contributed by atoms with Gasteiger partial charge in [-0.15, -0.1) is 0 Å². The maximum Gasteiger partial charge on any atom is 0.359 e. The number of nitro groups is 1. The minimum absolute atomic E-state index is 0.00292. The zero-order valence-corrected chi connectivity index (χ0v) is 8.80. The normalized spacial score (nSPS) is 11.4. The van der Waals surface area contributed by atoms with Crippen LogP contribution in [0.1, 0.15) is 19.5 Å². The Kier molecular flexibility index (Phi) is 3.65. The third-order valence-corrected chi connectivity index (χ3v) is 1.67. The third kappa shape index (κ3) is 2.38. The number of nitrogens with one attached hydrogen (secondary N) is 1. The molecule has 1 aromatic heterocycles. The van der Waals surface area contributed by atoms with Crippen molar-refractivity contribution in [3.8, 4) is 0 Å². The van der Waals surface area contributed by atoms with Crippen molar-refractivity contribution < 1.29 is 4.92 Å². The van der Waals surface area contributed by atoms with Crippen molar-refractivity contribution >= 4 is 23.9 Å². The molecule has 0 aliphatic carbocycles. The summed E-state index contributed by atoms with van der Waals surface area (Å²) in [6.45, 7) is 3.33. The second-order valence-electron chi connectivity index (χ2n) is 2.77. The van der Waals surface area contributed by atoms with Crippen molar-refractivity contribution in [2.75, 3.05) is 0 Å². The van der Waals surface area contributed by atoms with Gasteiger partial charge in [-0.05, 0) is 19.9 Å². The van der Waals surface area contributed by atoms with Gasteiger partial charge < -0.3 is 0 Å². The smallest absolute Gasteiger partial charge is 0.285 e. The van der Waals surface area contributed by atoms with Gasteiger partial charge in [-0.25, -0.2) is 9.98 Å². The number of hydrogen-bond donors (Lipinski definition) is 1. The summed E-state index contributed by atoms with van der Waals surface area (Å²) >= 11 is 0. The molecule has 0 unspecified atom stereocenters. The molecule has 0 aromatic carbocycles. The lowest BCUT2D eigenvalue weighted by Crippen LogP contribution is -2.14. The van der Waals surface area contributed by atoms with Gasteiger partial charge in [0.1, 0.15) is 0 Å². The molecule has 1 N–H and O–H groups in total. The Bertz CT molecular complexity index is 516. The number of nitrogens with zero attached hydrogens (tertiary/aromatic N) is 3. The number of allylic oxidation sites excluding steroid dienone is 1. The minimum Gasteiger partial charge on any atom is -0.285 e. The molecule has 0 saturated carbocycles. The van der Waals surface area contributed by atoms with Gasteiger partial charge in [0.05, 0.1) is 4.92 Å². The summed E-state index contributed by atoms with van der Waals surface area (Å²) in [6, 6.07) is 0. The van der Waals surface area contributed by atoms with Gasteiger partial charge in [-0.3, -0.25) is 19.9 Å². The van der Waals surface area contributed by atoms with Gasteiger partial charge >= 0.3 is 11.2 Å². The lowest BCUT2D eigenvalue weighted by molar-refractivity contribution is -0.386. The Hall–Kier alpha value is -2.31. The van der Waals surface area contributed by atoms with Crippen LogP contribution in [0.15, 0.2) is 15.9 Å². The Labute approximate surface area is 90.7 Å². The molecule has 0 bridgehead atoms. The molecule has 1 aromatic rings. The zero-order chi connectivity index (χ0) is 12.1. The molecule has 0 radical (unpaired) electrons. The Balaban J connectivity index is 3.51. The number of aliphatic imine (C=N–C) groups is 1. The SMILES string of the molecule is C/C=C/c1nc(/N=C/C)[nH]c(=O)c1[N+](=O)[O-]. The maximum absolute atomic E-state index is 11.4. The topological polar surface area (TPSA) is 101 Å². The van der Waals surface area contributed by atoms with Gasteiger partial charge in [0.2, 0.25) is 5.95 Å². The summed E-state index contributed by atoms with van der Waals surface area (Å²) in [7, 11) is 0. The average molecular weight is 222 g/mol. The lowest BCUT2D eigenvalue weighted by atomic mass is 10.3. The summed E-state index contributed by atoms with van der Waals surface area (Å²) in [4.78, 5) is 31.1. The maximum atomic E-state index is 11.4. The van der Waals surface area contributed by atoms with Crippen LogP contribution in [0.25, 0.3) is 6.08 Å². The van der Waals surface area contributed by atoms with Gasteiger partial charge in [0.25, 0.3) is 0 Å². The number of rotatable bonds is 3. The van der Waals surface area contributed by atoms with E-state index in [0.29, 0.717) is 0 Å². The van der Waals surface area contributed by atoms with E-state index in [4.69, 9.17) is 0 Å². The molecule has 0 fully saturated rings. The molecule has 1 heterocycles. The molecule has 84 valence electrons. The van der Waals surface area contributed by atoms with Crippen LogP contribution in [0, 0.1) is 10.1 Å². The Morgan fingerprint density at radius 2 is 2.19 bits per heavy atom. The number of H-pyrrole nitrogens is 1.